The Morgan fingerprint density at radius 2 is 2.20 bits per heavy atom. The lowest BCUT2D eigenvalue weighted by molar-refractivity contribution is -0.139. The molecule has 1 amide bonds. The van der Waals surface area contributed by atoms with Crippen molar-refractivity contribution < 1.29 is 9.53 Å². The molecule has 2 rings (SSSR count). The van der Waals surface area contributed by atoms with Crippen LogP contribution < -0.4 is 10.1 Å². The number of carbonyl (C=O) groups excluding carboxylic acids is 1. The first-order chi connectivity index (χ1) is 9.53. The van der Waals surface area contributed by atoms with Gasteiger partial charge in [-0.3, -0.25) is 4.79 Å². The van der Waals surface area contributed by atoms with Crippen molar-refractivity contribution in [3.8, 4) is 5.75 Å². The summed E-state index contributed by atoms with van der Waals surface area (Å²) in [7, 11) is 1.85. The van der Waals surface area contributed by atoms with E-state index in [1.54, 1.807) is 4.90 Å². The van der Waals surface area contributed by atoms with Crippen molar-refractivity contribution in [3.63, 3.8) is 0 Å². The highest BCUT2D eigenvalue weighted by molar-refractivity contribution is 5.82. The maximum absolute atomic E-state index is 12.4. The lowest BCUT2D eigenvalue weighted by atomic mass is 9.88. The lowest BCUT2D eigenvalue weighted by Gasteiger charge is -2.28. The summed E-state index contributed by atoms with van der Waals surface area (Å²) >= 11 is 0. The summed E-state index contributed by atoms with van der Waals surface area (Å²) in [6, 6.07) is 7.93. The van der Waals surface area contributed by atoms with Crippen molar-refractivity contribution in [2.24, 2.45) is 5.41 Å². The third-order valence-corrected chi connectivity index (χ3v) is 4.01. The van der Waals surface area contributed by atoms with E-state index in [2.05, 4.69) is 5.32 Å². The summed E-state index contributed by atoms with van der Waals surface area (Å²) in [5.74, 6) is 1.10. The highest BCUT2D eigenvalue weighted by atomic mass is 16.5. The number of hydrogen-bond acceptors (Lipinski definition) is 3. The molecule has 1 aliphatic rings. The topological polar surface area (TPSA) is 41.6 Å². The quantitative estimate of drug-likeness (QED) is 0.892. The molecule has 1 aromatic carbocycles. The van der Waals surface area contributed by atoms with E-state index in [0.717, 1.165) is 30.8 Å². The molecule has 0 aliphatic carbocycles. The maximum Gasteiger partial charge on any atom is 0.229 e. The number of amides is 1. The molecule has 4 heteroatoms. The fraction of sp³-hybridized carbons (Fsp3) is 0.562. The van der Waals surface area contributed by atoms with E-state index in [-0.39, 0.29) is 11.3 Å². The molecule has 0 spiro atoms. The number of hydrogen-bond donors (Lipinski definition) is 1. The van der Waals surface area contributed by atoms with Crippen LogP contribution in [0.4, 0.5) is 0 Å². The van der Waals surface area contributed by atoms with Gasteiger partial charge in [-0.15, -0.1) is 0 Å². The molecule has 1 fully saturated rings. The summed E-state index contributed by atoms with van der Waals surface area (Å²) in [5.41, 5.74) is 0.866. The van der Waals surface area contributed by atoms with Gasteiger partial charge in [-0.05, 0) is 38.4 Å². The van der Waals surface area contributed by atoms with Crippen molar-refractivity contribution in [1.82, 2.24) is 10.2 Å². The lowest BCUT2D eigenvalue weighted by Crippen LogP contribution is -2.43. The van der Waals surface area contributed by atoms with Gasteiger partial charge in [0.25, 0.3) is 0 Å². The van der Waals surface area contributed by atoms with Crippen LogP contribution in [0, 0.1) is 12.3 Å². The molecule has 0 bridgehead atoms. The van der Waals surface area contributed by atoms with Crippen molar-refractivity contribution in [2.75, 3.05) is 33.3 Å². The van der Waals surface area contributed by atoms with Gasteiger partial charge in [-0.25, -0.2) is 0 Å². The number of likely N-dealkylation sites (N-methyl/N-ethyl adjacent to an activating group) is 1. The van der Waals surface area contributed by atoms with Gasteiger partial charge in [0.15, 0.2) is 0 Å². The molecule has 4 nitrogen and oxygen atoms in total. The van der Waals surface area contributed by atoms with Crippen LogP contribution in [0.2, 0.25) is 0 Å². The summed E-state index contributed by atoms with van der Waals surface area (Å²) < 4.78 is 5.74. The van der Waals surface area contributed by atoms with Gasteiger partial charge in [-0.1, -0.05) is 18.2 Å². The van der Waals surface area contributed by atoms with Gasteiger partial charge in [-0.2, -0.15) is 0 Å². The minimum atomic E-state index is -0.253. The first-order valence-electron chi connectivity index (χ1n) is 7.18. The third kappa shape index (κ3) is 3.31. The fourth-order valence-corrected chi connectivity index (χ4v) is 2.57. The Kier molecular flexibility index (Phi) is 4.65. The Morgan fingerprint density at radius 1 is 1.45 bits per heavy atom. The Hall–Kier alpha value is -1.55. The van der Waals surface area contributed by atoms with Gasteiger partial charge in [0.1, 0.15) is 12.4 Å². The predicted molar refractivity (Wildman–Crippen MR) is 79.9 cm³/mol. The van der Waals surface area contributed by atoms with Crippen LogP contribution in [0.3, 0.4) is 0 Å². The highest BCUT2D eigenvalue weighted by Gasteiger charge is 2.37. The Morgan fingerprint density at radius 3 is 2.85 bits per heavy atom. The number of para-hydroxylation sites is 1. The van der Waals surface area contributed by atoms with Crippen LogP contribution in [-0.2, 0) is 4.79 Å². The second-order valence-electron chi connectivity index (χ2n) is 5.83. The maximum atomic E-state index is 12.4. The van der Waals surface area contributed by atoms with Crippen molar-refractivity contribution in [3.05, 3.63) is 29.8 Å². The van der Waals surface area contributed by atoms with Gasteiger partial charge >= 0.3 is 0 Å². The molecule has 110 valence electrons. The Balaban J connectivity index is 1.82. The predicted octanol–water partition coefficient (Wildman–Crippen LogP) is 1.83. The van der Waals surface area contributed by atoms with Crippen LogP contribution in [0.25, 0.3) is 0 Å². The van der Waals surface area contributed by atoms with E-state index in [0.29, 0.717) is 13.2 Å². The monoisotopic (exact) mass is 276 g/mol. The van der Waals surface area contributed by atoms with Gasteiger partial charge in [0, 0.05) is 13.6 Å². The molecular formula is C16H24N2O2. The first-order valence-corrected chi connectivity index (χ1v) is 7.18. The Bertz CT molecular complexity index is 467. The molecular weight excluding hydrogens is 252 g/mol. The van der Waals surface area contributed by atoms with Crippen LogP contribution in [0.15, 0.2) is 24.3 Å². The molecule has 1 heterocycles. The molecule has 20 heavy (non-hydrogen) atoms. The molecule has 1 unspecified atom stereocenters. The second kappa shape index (κ2) is 6.27. The van der Waals surface area contributed by atoms with E-state index in [4.69, 9.17) is 4.74 Å². The number of nitrogens with zero attached hydrogens (tertiary/aromatic N) is 1. The van der Waals surface area contributed by atoms with Crippen molar-refractivity contribution in [1.29, 1.82) is 0 Å². The zero-order chi connectivity index (χ0) is 14.6. The number of carbonyl (C=O) groups is 1. The van der Waals surface area contributed by atoms with Crippen LogP contribution >= 0.6 is 0 Å². The summed E-state index contributed by atoms with van der Waals surface area (Å²) in [6.07, 6.45) is 0.912. The molecule has 0 radical (unpaired) electrons. The molecule has 1 aliphatic heterocycles. The number of rotatable bonds is 5. The Labute approximate surface area is 121 Å². The van der Waals surface area contributed by atoms with Gasteiger partial charge in [0.05, 0.1) is 12.0 Å². The normalized spacial score (nSPS) is 21.8. The average Bonchev–Trinajstić information content (AvgIpc) is 2.88. The molecule has 1 saturated heterocycles. The summed E-state index contributed by atoms with van der Waals surface area (Å²) in [5, 5.41) is 3.26. The minimum Gasteiger partial charge on any atom is -0.491 e. The summed E-state index contributed by atoms with van der Waals surface area (Å²) in [4.78, 5) is 14.2. The minimum absolute atomic E-state index is 0.205. The molecule has 0 saturated carbocycles. The van der Waals surface area contributed by atoms with E-state index < -0.39 is 0 Å². The van der Waals surface area contributed by atoms with E-state index in [9.17, 15) is 4.79 Å². The standard InChI is InChI=1S/C16H24N2O2/c1-13-6-4-5-7-14(13)20-11-10-18(3)15(19)16(2)8-9-17-12-16/h4-7,17H,8-12H2,1-3H3. The number of benzene rings is 1. The van der Waals surface area contributed by atoms with Gasteiger partial charge in [0.2, 0.25) is 5.91 Å². The smallest absolute Gasteiger partial charge is 0.229 e. The van der Waals surface area contributed by atoms with Gasteiger partial charge < -0.3 is 15.0 Å². The van der Waals surface area contributed by atoms with E-state index >= 15 is 0 Å². The number of ether oxygens (including phenoxy) is 1. The molecule has 0 aromatic heterocycles. The average molecular weight is 276 g/mol. The van der Waals surface area contributed by atoms with E-state index in [1.807, 2.05) is 45.2 Å². The highest BCUT2D eigenvalue weighted by Crippen LogP contribution is 2.26. The summed E-state index contributed by atoms with van der Waals surface area (Å²) in [6.45, 7) is 6.90. The van der Waals surface area contributed by atoms with E-state index in [1.165, 1.54) is 0 Å². The SMILES string of the molecule is Cc1ccccc1OCCN(C)C(=O)C1(C)CCNC1. The fourth-order valence-electron chi connectivity index (χ4n) is 2.57. The molecule has 1 N–H and O–H groups in total. The van der Waals surface area contributed by atoms with Crippen LogP contribution in [0.5, 0.6) is 5.75 Å². The van der Waals surface area contributed by atoms with Crippen molar-refractivity contribution in [2.45, 2.75) is 20.3 Å². The van der Waals surface area contributed by atoms with Crippen LogP contribution in [-0.4, -0.2) is 44.1 Å². The number of aryl methyl sites for hydroxylation is 1. The second-order valence-corrected chi connectivity index (χ2v) is 5.83. The molecule has 1 atom stereocenters. The first kappa shape index (κ1) is 14.9. The zero-order valence-corrected chi connectivity index (χ0v) is 12.6. The van der Waals surface area contributed by atoms with Crippen molar-refractivity contribution >= 4 is 5.91 Å². The zero-order valence-electron chi connectivity index (χ0n) is 12.6. The number of nitrogens with one attached hydrogen (secondary N) is 1. The largest absolute Gasteiger partial charge is 0.491 e. The van der Waals surface area contributed by atoms with Crippen LogP contribution in [0.1, 0.15) is 18.9 Å². The third-order valence-electron chi connectivity index (χ3n) is 4.01. The molecule has 1 aromatic rings.